The topological polar surface area (TPSA) is 92.5 Å². The Morgan fingerprint density at radius 3 is 2.72 bits per heavy atom. The lowest BCUT2D eigenvalue weighted by molar-refractivity contribution is -0.384. The fourth-order valence-corrected chi connectivity index (χ4v) is 1.72. The van der Waals surface area contributed by atoms with Gasteiger partial charge in [-0.15, -0.1) is 0 Å². The maximum absolute atomic E-state index is 11.1. The molecule has 0 saturated carbocycles. The molecule has 1 unspecified atom stereocenters. The lowest BCUT2D eigenvalue weighted by atomic mass is 10.1. The first-order valence-corrected chi connectivity index (χ1v) is 5.74. The second-order valence-electron chi connectivity index (χ2n) is 4.13. The van der Waals surface area contributed by atoms with Crippen LogP contribution < -0.4 is 5.32 Å². The lowest BCUT2D eigenvalue weighted by Gasteiger charge is -2.15. The van der Waals surface area contributed by atoms with Crippen LogP contribution in [0, 0.1) is 10.1 Å². The van der Waals surface area contributed by atoms with E-state index < -0.39 is 10.9 Å². The van der Waals surface area contributed by atoms with E-state index in [2.05, 4.69) is 5.32 Å². The van der Waals surface area contributed by atoms with Crippen molar-refractivity contribution in [3.8, 4) is 0 Å². The van der Waals surface area contributed by atoms with Crippen molar-refractivity contribution in [2.45, 2.75) is 32.7 Å². The van der Waals surface area contributed by atoms with Crippen LogP contribution in [0.2, 0.25) is 0 Å². The first kappa shape index (κ1) is 14.0. The number of hydrogen-bond acceptors (Lipinski definition) is 4. The Labute approximate surface area is 105 Å². The van der Waals surface area contributed by atoms with Gasteiger partial charge in [0.05, 0.1) is 10.5 Å². The molecule has 1 rings (SSSR count). The monoisotopic (exact) mass is 252 g/mol. The van der Waals surface area contributed by atoms with Crippen LogP contribution in [0.4, 0.5) is 11.4 Å². The Balaban J connectivity index is 3.04. The highest BCUT2D eigenvalue weighted by Crippen LogP contribution is 2.23. The highest BCUT2D eigenvalue weighted by Gasteiger charge is 2.16. The Morgan fingerprint density at radius 1 is 1.56 bits per heavy atom. The van der Waals surface area contributed by atoms with Crippen LogP contribution in [0.3, 0.4) is 0 Å². The SMILES string of the molecule is CCCC(C)Nc1ccc([N+](=O)[O-])cc1C(=O)O. The quantitative estimate of drug-likeness (QED) is 0.599. The van der Waals surface area contributed by atoms with Crippen molar-refractivity contribution in [2.24, 2.45) is 0 Å². The molecule has 1 aromatic rings. The van der Waals surface area contributed by atoms with E-state index in [0.717, 1.165) is 18.9 Å². The highest BCUT2D eigenvalue weighted by molar-refractivity contribution is 5.95. The number of nitro groups is 1. The van der Waals surface area contributed by atoms with Gasteiger partial charge in [-0.1, -0.05) is 13.3 Å². The average molecular weight is 252 g/mol. The van der Waals surface area contributed by atoms with Crippen LogP contribution in [0.25, 0.3) is 0 Å². The van der Waals surface area contributed by atoms with Gasteiger partial charge in [-0.2, -0.15) is 0 Å². The molecule has 1 atom stereocenters. The molecule has 0 radical (unpaired) electrons. The molecule has 98 valence electrons. The molecule has 2 N–H and O–H groups in total. The number of aromatic carboxylic acids is 1. The normalized spacial score (nSPS) is 11.9. The van der Waals surface area contributed by atoms with Gasteiger partial charge >= 0.3 is 5.97 Å². The van der Waals surface area contributed by atoms with E-state index in [1.807, 2.05) is 13.8 Å². The molecule has 18 heavy (non-hydrogen) atoms. The summed E-state index contributed by atoms with van der Waals surface area (Å²) in [4.78, 5) is 21.1. The zero-order valence-corrected chi connectivity index (χ0v) is 10.3. The van der Waals surface area contributed by atoms with Crippen LogP contribution in [0.1, 0.15) is 37.0 Å². The van der Waals surface area contributed by atoms with Gasteiger partial charge in [0.2, 0.25) is 0 Å². The Bertz CT molecular complexity index is 459. The Morgan fingerprint density at radius 2 is 2.22 bits per heavy atom. The summed E-state index contributed by atoms with van der Waals surface area (Å²) in [5.74, 6) is -1.18. The predicted octanol–water partition coefficient (Wildman–Crippen LogP) is 2.89. The smallest absolute Gasteiger partial charge is 0.338 e. The van der Waals surface area contributed by atoms with Crippen LogP contribution in [0.15, 0.2) is 18.2 Å². The van der Waals surface area contributed by atoms with Gasteiger partial charge in [0, 0.05) is 23.9 Å². The summed E-state index contributed by atoms with van der Waals surface area (Å²) in [7, 11) is 0. The molecule has 0 saturated heterocycles. The molecule has 0 heterocycles. The zero-order valence-electron chi connectivity index (χ0n) is 10.3. The second kappa shape index (κ2) is 6.00. The number of nitro benzene ring substituents is 1. The first-order chi connectivity index (χ1) is 8.45. The average Bonchev–Trinajstić information content (AvgIpc) is 2.29. The number of hydrogen-bond donors (Lipinski definition) is 2. The van der Waals surface area contributed by atoms with Crippen LogP contribution >= 0.6 is 0 Å². The van der Waals surface area contributed by atoms with Crippen molar-refractivity contribution in [1.82, 2.24) is 0 Å². The minimum absolute atomic E-state index is 0.0767. The molecule has 0 bridgehead atoms. The van der Waals surface area contributed by atoms with E-state index in [0.29, 0.717) is 5.69 Å². The first-order valence-electron chi connectivity index (χ1n) is 5.74. The van der Waals surface area contributed by atoms with Crippen LogP contribution in [-0.2, 0) is 0 Å². The summed E-state index contributed by atoms with van der Waals surface area (Å²) in [6.07, 6.45) is 1.87. The molecule has 0 fully saturated rings. The molecular formula is C12H16N2O4. The number of nitrogens with zero attached hydrogens (tertiary/aromatic N) is 1. The highest BCUT2D eigenvalue weighted by atomic mass is 16.6. The van der Waals surface area contributed by atoms with Crippen LogP contribution in [0.5, 0.6) is 0 Å². The Hall–Kier alpha value is -2.11. The van der Waals surface area contributed by atoms with E-state index >= 15 is 0 Å². The molecule has 0 aliphatic heterocycles. The van der Waals surface area contributed by atoms with E-state index in [4.69, 9.17) is 5.11 Å². The number of carboxylic acids is 1. The third-order valence-corrected chi connectivity index (χ3v) is 2.57. The van der Waals surface area contributed by atoms with E-state index in [1.54, 1.807) is 0 Å². The molecule has 0 aliphatic rings. The molecule has 1 aromatic carbocycles. The number of nitrogens with one attached hydrogen (secondary N) is 1. The van der Waals surface area contributed by atoms with Gasteiger partial charge in [-0.3, -0.25) is 10.1 Å². The second-order valence-corrected chi connectivity index (χ2v) is 4.13. The number of carbonyl (C=O) groups is 1. The summed E-state index contributed by atoms with van der Waals surface area (Å²) in [6, 6.07) is 3.93. The van der Waals surface area contributed by atoms with Gasteiger partial charge in [-0.25, -0.2) is 4.79 Å². The minimum atomic E-state index is -1.18. The number of rotatable bonds is 6. The molecule has 6 heteroatoms. The Kier molecular flexibility index (Phi) is 4.65. The number of carboxylic acid groups (broad SMARTS) is 1. The number of benzene rings is 1. The summed E-state index contributed by atoms with van der Waals surface area (Å²) in [5.41, 5.74) is 0.113. The molecular weight excluding hydrogens is 236 g/mol. The van der Waals surface area contributed by atoms with Gasteiger partial charge in [0.1, 0.15) is 0 Å². The standard InChI is InChI=1S/C12H16N2O4/c1-3-4-8(2)13-11-6-5-9(14(17)18)7-10(11)12(15)16/h5-8,13H,3-4H2,1-2H3,(H,15,16). The van der Waals surface area contributed by atoms with Crippen LogP contribution in [-0.4, -0.2) is 22.0 Å². The van der Waals surface area contributed by atoms with Gasteiger partial charge in [-0.05, 0) is 19.4 Å². The number of non-ortho nitro benzene ring substituents is 1. The van der Waals surface area contributed by atoms with Crippen molar-refractivity contribution in [2.75, 3.05) is 5.32 Å². The lowest BCUT2D eigenvalue weighted by Crippen LogP contribution is -2.17. The summed E-state index contributed by atoms with van der Waals surface area (Å²) >= 11 is 0. The van der Waals surface area contributed by atoms with Crippen molar-refractivity contribution >= 4 is 17.3 Å². The van der Waals surface area contributed by atoms with E-state index in [-0.39, 0.29) is 17.3 Å². The molecule has 6 nitrogen and oxygen atoms in total. The fourth-order valence-electron chi connectivity index (χ4n) is 1.72. The molecule has 0 amide bonds. The minimum Gasteiger partial charge on any atom is -0.478 e. The number of anilines is 1. The van der Waals surface area contributed by atoms with E-state index in [9.17, 15) is 14.9 Å². The van der Waals surface area contributed by atoms with Gasteiger partial charge in [0.15, 0.2) is 0 Å². The van der Waals surface area contributed by atoms with Gasteiger partial charge < -0.3 is 10.4 Å². The zero-order chi connectivity index (χ0) is 13.7. The molecule has 0 aromatic heterocycles. The van der Waals surface area contributed by atoms with Crippen molar-refractivity contribution in [3.05, 3.63) is 33.9 Å². The summed E-state index contributed by atoms with van der Waals surface area (Å²) in [6.45, 7) is 3.97. The summed E-state index contributed by atoms with van der Waals surface area (Å²) < 4.78 is 0. The maximum atomic E-state index is 11.1. The fraction of sp³-hybridized carbons (Fsp3) is 0.417. The van der Waals surface area contributed by atoms with Crippen molar-refractivity contribution in [1.29, 1.82) is 0 Å². The third kappa shape index (κ3) is 3.44. The third-order valence-electron chi connectivity index (χ3n) is 2.57. The van der Waals surface area contributed by atoms with Gasteiger partial charge in [0.25, 0.3) is 5.69 Å². The largest absolute Gasteiger partial charge is 0.478 e. The molecule has 0 aliphatic carbocycles. The maximum Gasteiger partial charge on any atom is 0.338 e. The molecule has 0 spiro atoms. The van der Waals surface area contributed by atoms with Crippen molar-refractivity contribution in [3.63, 3.8) is 0 Å². The summed E-state index contributed by atoms with van der Waals surface area (Å²) in [5, 5.41) is 22.7. The predicted molar refractivity (Wildman–Crippen MR) is 68.0 cm³/mol. The van der Waals surface area contributed by atoms with E-state index in [1.165, 1.54) is 12.1 Å². The van der Waals surface area contributed by atoms with Crippen molar-refractivity contribution < 1.29 is 14.8 Å².